The van der Waals surface area contributed by atoms with Crippen LogP contribution in [0.5, 0.6) is 0 Å². The van der Waals surface area contributed by atoms with Crippen LogP contribution in [0.4, 0.5) is 0 Å². The molecular weight excluding hydrogens is 69.0 g/mol. The molecule has 0 radical (unpaired) electrons. The predicted molar refractivity (Wildman–Crippen MR) is 25.1 cm³/mol. The Morgan fingerprint density at radius 1 is 1.00 bits per heavy atom. The molecule has 0 aromatic rings. The molecule has 0 aliphatic carbocycles. The smallest absolute Gasteiger partial charge is 1.00 e. The molecule has 0 saturated carbocycles. The first-order valence-electron chi connectivity index (χ1n) is 1.79. The van der Waals surface area contributed by atoms with E-state index < -0.39 is 0 Å². The van der Waals surface area contributed by atoms with E-state index in [-0.39, 0.29) is 20.3 Å². The number of rotatable bonds is 0. The molecule has 0 N–H and O–H groups in total. The first-order valence-corrected chi connectivity index (χ1v) is 1.79. The Labute approximate surface area is 53.6 Å². The molecule has 34 valence electrons. The summed E-state index contributed by atoms with van der Waals surface area (Å²) >= 11 is 0. The average Bonchev–Trinajstić information content (AvgIpc) is 0.722. The summed E-state index contributed by atoms with van der Waals surface area (Å²) in [5.74, 6) is 0. The molecule has 0 bridgehead atoms. The fraction of sp³-hybridized carbons (Fsp3) is 1.00. The van der Waals surface area contributed by atoms with Gasteiger partial charge in [-0.15, -0.1) is 0 Å². The zero-order valence-electron chi connectivity index (χ0n) is 6.45. The second-order valence-electron chi connectivity index (χ2n) is 2.68. The standard InChI is InChI=1S/C4H12N.Li.H/c1-5(2,3)4;;/h1-4H3;;/q2*+1;-1. The van der Waals surface area contributed by atoms with Crippen molar-refractivity contribution >= 4 is 0 Å². The van der Waals surface area contributed by atoms with Gasteiger partial charge >= 0.3 is 18.9 Å². The molecule has 0 aliphatic heterocycles. The van der Waals surface area contributed by atoms with Crippen molar-refractivity contribution in [2.45, 2.75) is 0 Å². The quantitative estimate of drug-likeness (QED) is 0.223. The summed E-state index contributed by atoms with van der Waals surface area (Å²) in [6.45, 7) is 0. The first kappa shape index (κ1) is 9.75. The summed E-state index contributed by atoms with van der Waals surface area (Å²) in [6.07, 6.45) is 0. The van der Waals surface area contributed by atoms with E-state index in [0.29, 0.717) is 0 Å². The molecule has 0 amide bonds. The Kier molecular flexibility index (Phi) is 4.36. The minimum Gasteiger partial charge on any atom is -1.00 e. The Bertz CT molecular complexity index is 27.2. The second-order valence-corrected chi connectivity index (χ2v) is 2.68. The molecule has 2 heteroatoms. The van der Waals surface area contributed by atoms with Gasteiger partial charge in [-0.05, 0) is 0 Å². The molecular formula is C4H13LiN+. The van der Waals surface area contributed by atoms with Gasteiger partial charge in [0.15, 0.2) is 0 Å². The van der Waals surface area contributed by atoms with E-state index in [9.17, 15) is 0 Å². The zero-order valence-corrected chi connectivity index (χ0v) is 5.45. The van der Waals surface area contributed by atoms with E-state index in [0.717, 1.165) is 4.48 Å². The maximum absolute atomic E-state index is 2.12. The van der Waals surface area contributed by atoms with Crippen LogP contribution in [0.25, 0.3) is 0 Å². The van der Waals surface area contributed by atoms with E-state index >= 15 is 0 Å². The molecule has 0 atom stereocenters. The Morgan fingerprint density at radius 3 is 1.00 bits per heavy atom. The molecule has 0 aliphatic rings. The van der Waals surface area contributed by atoms with Crippen LogP contribution >= 0.6 is 0 Å². The van der Waals surface area contributed by atoms with Gasteiger partial charge in [0.2, 0.25) is 0 Å². The summed E-state index contributed by atoms with van der Waals surface area (Å²) in [5, 5.41) is 0. The van der Waals surface area contributed by atoms with Crippen molar-refractivity contribution in [3.63, 3.8) is 0 Å². The molecule has 0 aromatic carbocycles. The molecule has 0 aromatic heterocycles. The predicted octanol–water partition coefficient (Wildman–Crippen LogP) is -2.56. The van der Waals surface area contributed by atoms with Crippen LogP contribution in [0, 0.1) is 0 Å². The van der Waals surface area contributed by atoms with Crippen molar-refractivity contribution < 1.29 is 24.8 Å². The van der Waals surface area contributed by atoms with Crippen LogP contribution in [-0.4, -0.2) is 32.7 Å². The third-order valence-corrected chi connectivity index (χ3v) is 0. The van der Waals surface area contributed by atoms with E-state index in [4.69, 9.17) is 0 Å². The van der Waals surface area contributed by atoms with Crippen molar-refractivity contribution in [3.05, 3.63) is 0 Å². The van der Waals surface area contributed by atoms with Gasteiger partial charge in [0.25, 0.3) is 0 Å². The minimum atomic E-state index is 0. The van der Waals surface area contributed by atoms with Gasteiger partial charge in [-0.1, -0.05) is 0 Å². The number of hydrogen-bond donors (Lipinski definition) is 0. The zero-order chi connectivity index (χ0) is 4.50. The van der Waals surface area contributed by atoms with Crippen LogP contribution in [0.1, 0.15) is 1.43 Å². The van der Waals surface area contributed by atoms with E-state index in [1.807, 2.05) is 0 Å². The van der Waals surface area contributed by atoms with Crippen LogP contribution in [0.2, 0.25) is 0 Å². The third-order valence-electron chi connectivity index (χ3n) is 0. The number of nitrogens with zero attached hydrogens (tertiary/aromatic N) is 1. The first-order chi connectivity index (χ1) is 2.00. The van der Waals surface area contributed by atoms with Crippen molar-refractivity contribution in [3.8, 4) is 0 Å². The summed E-state index contributed by atoms with van der Waals surface area (Å²) in [5.41, 5.74) is 0. The Hall–Kier alpha value is 0.557. The molecule has 0 fully saturated rings. The van der Waals surface area contributed by atoms with Gasteiger partial charge in [0.05, 0.1) is 28.2 Å². The monoisotopic (exact) mass is 82.1 g/mol. The molecule has 0 rings (SSSR count). The molecule has 0 spiro atoms. The van der Waals surface area contributed by atoms with E-state index in [2.05, 4.69) is 28.2 Å². The van der Waals surface area contributed by atoms with Crippen molar-refractivity contribution in [2.75, 3.05) is 28.2 Å². The fourth-order valence-corrected chi connectivity index (χ4v) is 0. The van der Waals surface area contributed by atoms with Crippen LogP contribution in [-0.2, 0) is 0 Å². The van der Waals surface area contributed by atoms with Crippen molar-refractivity contribution in [1.29, 1.82) is 0 Å². The maximum atomic E-state index is 2.12. The normalized spacial score (nSPS) is 10.0. The van der Waals surface area contributed by atoms with E-state index in [1.54, 1.807) is 0 Å². The Balaban J connectivity index is -0.0000000800. The van der Waals surface area contributed by atoms with E-state index in [1.165, 1.54) is 0 Å². The summed E-state index contributed by atoms with van der Waals surface area (Å²) in [7, 11) is 8.50. The van der Waals surface area contributed by atoms with Crippen molar-refractivity contribution in [2.24, 2.45) is 0 Å². The fourth-order valence-electron chi connectivity index (χ4n) is 0. The van der Waals surface area contributed by atoms with Gasteiger partial charge in [0.1, 0.15) is 0 Å². The van der Waals surface area contributed by atoms with Crippen LogP contribution in [0.15, 0.2) is 0 Å². The maximum Gasteiger partial charge on any atom is 1.00 e. The SMILES string of the molecule is C[N+](C)(C)C.[H-].[Li+]. The second kappa shape index (κ2) is 2.68. The van der Waals surface area contributed by atoms with Crippen molar-refractivity contribution in [1.82, 2.24) is 0 Å². The minimum absolute atomic E-state index is 0. The van der Waals surface area contributed by atoms with Gasteiger partial charge in [0, 0.05) is 0 Å². The topological polar surface area (TPSA) is 0 Å². The molecule has 0 unspecified atom stereocenters. The summed E-state index contributed by atoms with van der Waals surface area (Å²) < 4.78 is 1.00. The van der Waals surface area contributed by atoms with Crippen LogP contribution in [0.3, 0.4) is 0 Å². The summed E-state index contributed by atoms with van der Waals surface area (Å²) in [4.78, 5) is 0. The largest absolute Gasteiger partial charge is 1.00 e. The average molecular weight is 82.1 g/mol. The van der Waals surface area contributed by atoms with Gasteiger partial charge in [-0.25, -0.2) is 0 Å². The van der Waals surface area contributed by atoms with Gasteiger partial charge < -0.3 is 5.91 Å². The molecule has 0 saturated heterocycles. The number of quaternary nitrogens is 1. The molecule has 0 heterocycles. The molecule has 6 heavy (non-hydrogen) atoms. The third kappa shape index (κ3) is 186. The van der Waals surface area contributed by atoms with Gasteiger partial charge in [-0.3, -0.25) is 0 Å². The van der Waals surface area contributed by atoms with Gasteiger partial charge in [-0.2, -0.15) is 0 Å². The van der Waals surface area contributed by atoms with Crippen LogP contribution < -0.4 is 18.9 Å². The molecule has 1 nitrogen and oxygen atoms in total. The summed E-state index contributed by atoms with van der Waals surface area (Å²) in [6, 6.07) is 0. The Morgan fingerprint density at radius 2 is 1.00 bits per heavy atom. The number of hydrogen-bond acceptors (Lipinski definition) is 0.